The van der Waals surface area contributed by atoms with Gasteiger partial charge in [0.25, 0.3) is 0 Å². The van der Waals surface area contributed by atoms with Crippen molar-refractivity contribution in [3.8, 4) is 6.07 Å². The van der Waals surface area contributed by atoms with Gasteiger partial charge in [0.05, 0.1) is 17.9 Å². The molecule has 0 N–H and O–H groups in total. The molecule has 0 saturated heterocycles. The molecule has 0 amide bonds. The second kappa shape index (κ2) is 5.34. The summed E-state index contributed by atoms with van der Waals surface area (Å²) >= 11 is 0. The van der Waals surface area contributed by atoms with Gasteiger partial charge in [0.2, 0.25) is 0 Å². The topological polar surface area (TPSA) is 50.1 Å². The van der Waals surface area contributed by atoms with Crippen molar-refractivity contribution in [3.63, 3.8) is 0 Å². The van der Waals surface area contributed by atoms with E-state index in [0.717, 1.165) is 51.4 Å². The van der Waals surface area contributed by atoms with E-state index in [1.165, 1.54) is 0 Å². The average molecular weight is 221 g/mol. The molecule has 2 fully saturated rings. The lowest BCUT2D eigenvalue weighted by molar-refractivity contribution is -0.157. The highest BCUT2D eigenvalue weighted by molar-refractivity contribution is 5.72. The summed E-state index contributed by atoms with van der Waals surface area (Å²) in [6.07, 6.45) is 8.04. The van der Waals surface area contributed by atoms with Crippen LogP contribution in [0.15, 0.2) is 0 Å². The van der Waals surface area contributed by atoms with Gasteiger partial charge in [0.1, 0.15) is 6.10 Å². The van der Waals surface area contributed by atoms with Crippen LogP contribution in [-0.2, 0) is 9.53 Å². The minimum atomic E-state index is -0.133. The van der Waals surface area contributed by atoms with Crippen LogP contribution in [0.1, 0.15) is 51.4 Å². The molecule has 2 unspecified atom stereocenters. The number of ether oxygens (including phenoxy) is 1. The van der Waals surface area contributed by atoms with Crippen molar-refractivity contribution in [1.82, 2.24) is 0 Å². The molecule has 2 aliphatic rings. The third kappa shape index (κ3) is 2.55. The molecule has 2 rings (SSSR count). The smallest absolute Gasteiger partial charge is 0.309 e. The van der Waals surface area contributed by atoms with E-state index in [-0.39, 0.29) is 23.9 Å². The quantitative estimate of drug-likeness (QED) is 0.674. The summed E-state index contributed by atoms with van der Waals surface area (Å²) in [7, 11) is 0. The lowest BCUT2D eigenvalue weighted by Crippen LogP contribution is -2.31. The highest BCUT2D eigenvalue weighted by atomic mass is 16.5. The Bertz CT molecular complexity index is 289. The van der Waals surface area contributed by atoms with Crippen LogP contribution in [0, 0.1) is 23.2 Å². The summed E-state index contributed by atoms with van der Waals surface area (Å²) < 4.78 is 5.52. The van der Waals surface area contributed by atoms with Crippen molar-refractivity contribution in [2.24, 2.45) is 11.8 Å². The molecule has 0 aromatic heterocycles. The molecule has 0 aromatic carbocycles. The zero-order chi connectivity index (χ0) is 11.4. The Morgan fingerprint density at radius 2 is 1.69 bits per heavy atom. The van der Waals surface area contributed by atoms with Crippen LogP contribution in [-0.4, -0.2) is 12.1 Å². The van der Waals surface area contributed by atoms with Gasteiger partial charge in [0, 0.05) is 0 Å². The maximum absolute atomic E-state index is 11.8. The standard InChI is InChI=1S/C13H19NO2/c14-9-11-7-3-4-8-12(11)16-13(15)10-5-1-2-6-10/h10-12H,1-8H2. The van der Waals surface area contributed by atoms with Crippen LogP contribution in [0.3, 0.4) is 0 Å². The summed E-state index contributed by atoms with van der Waals surface area (Å²) in [4.78, 5) is 11.8. The Labute approximate surface area is 96.8 Å². The fraction of sp³-hybridized carbons (Fsp3) is 0.846. The van der Waals surface area contributed by atoms with Gasteiger partial charge in [-0.1, -0.05) is 19.3 Å². The van der Waals surface area contributed by atoms with E-state index in [1.54, 1.807) is 0 Å². The van der Waals surface area contributed by atoms with Gasteiger partial charge in [-0.05, 0) is 32.1 Å². The zero-order valence-corrected chi connectivity index (χ0v) is 9.65. The zero-order valence-electron chi connectivity index (χ0n) is 9.65. The lowest BCUT2D eigenvalue weighted by Gasteiger charge is -2.27. The van der Waals surface area contributed by atoms with Gasteiger partial charge in [-0.25, -0.2) is 0 Å². The van der Waals surface area contributed by atoms with E-state index in [2.05, 4.69) is 6.07 Å². The van der Waals surface area contributed by atoms with Crippen molar-refractivity contribution in [3.05, 3.63) is 0 Å². The Hall–Kier alpha value is -1.04. The molecular weight excluding hydrogens is 202 g/mol. The first-order valence-corrected chi connectivity index (χ1v) is 6.41. The summed E-state index contributed by atoms with van der Waals surface area (Å²) in [6.45, 7) is 0. The van der Waals surface area contributed by atoms with Crippen molar-refractivity contribution in [1.29, 1.82) is 5.26 Å². The molecule has 3 nitrogen and oxygen atoms in total. The van der Waals surface area contributed by atoms with Crippen molar-refractivity contribution in [2.45, 2.75) is 57.5 Å². The summed E-state index contributed by atoms with van der Waals surface area (Å²) in [5.74, 6) is -0.00924. The minimum Gasteiger partial charge on any atom is -0.461 e. The van der Waals surface area contributed by atoms with Crippen LogP contribution in [0.2, 0.25) is 0 Å². The van der Waals surface area contributed by atoms with E-state index >= 15 is 0 Å². The van der Waals surface area contributed by atoms with E-state index in [1.807, 2.05) is 0 Å². The lowest BCUT2D eigenvalue weighted by atomic mass is 9.87. The summed E-state index contributed by atoms with van der Waals surface area (Å²) in [5, 5.41) is 9.00. The first kappa shape index (κ1) is 11.4. The Balaban J connectivity index is 1.87. The minimum absolute atomic E-state index is 0.0512. The van der Waals surface area contributed by atoms with Crippen molar-refractivity contribution < 1.29 is 9.53 Å². The van der Waals surface area contributed by atoms with Crippen LogP contribution >= 0.6 is 0 Å². The number of carbonyl (C=O) groups excluding carboxylic acids is 1. The van der Waals surface area contributed by atoms with Crippen LogP contribution in [0.4, 0.5) is 0 Å². The second-order valence-electron chi connectivity index (χ2n) is 4.98. The van der Waals surface area contributed by atoms with Gasteiger partial charge in [0.15, 0.2) is 0 Å². The molecule has 0 heterocycles. The monoisotopic (exact) mass is 221 g/mol. The van der Waals surface area contributed by atoms with Crippen LogP contribution < -0.4 is 0 Å². The number of hydrogen-bond acceptors (Lipinski definition) is 3. The Morgan fingerprint density at radius 1 is 1.06 bits per heavy atom. The van der Waals surface area contributed by atoms with Gasteiger partial charge in [-0.3, -0.25) is 4.79 Å². The number of hydrogen-bond donors (Lipinski definition) is 0. The highest BCUT2D eigenvalue weighted by Gasteiger charge is 2.31. The van der Waals surface area contributed by atoms with E-state index < -0.39 is 0 Å². The molecule has 3 heteroatoms. The molecule has 0 aromatic rings. The second-order valence-corrected chi connectivity index (χ2v) is 4.98. The molecule has 0 spiro atoms. The highest BCUT2D eigenvalue weighted by Crippen LogP contribution is 2.30. The van der Waals surface area contributed by atoms with E-state index in [0.29, 0.717) is 0 Å². The fourth-order valence-corrected chi connectivity index (χ4v) is 2.79. The number of rotatable bonds is 2. The molecule has 2 atom stereocenters. The van der Waals surface area contributed by atoms with E-state index in [4.69, 9.17) is 10.00 Å². The first-order valence-electron chi connectivity index (χ1n) is 6.41. The number of carbonyl (C=O) groups is 1. The molecule has 2 aliphatic carbocycles. The number of nitrogens with zero attached hydrogens (tertiary/aromatic N) is 1. The average Bonchev–Trinajstić information content (AvgIpc) is 2.83. The van der Waals surface area contributed by atoms with Gasteiger partial charge < -0.3 is 4.74 Å². The van der Waals surface area contributed by atoms with Gasteiger partial charge >= 0.3 is 5.97 Å². The SMILES string of the molecule is N#CC1CCCCC1OC(=O)C1CCCC1. The molecule has 16 heavy (non-hydrogen) atoms. The third-order valence-corrected chi connectivity index (χ3v) is 3.82. The largest absolute Gasteiger partial charge is 0.461 e. The summed E-state index contributed by atoms with van der Waals surface area (Å²) in [6, 6.07) is 2.27. The van der Waals surface area contributed by atoms with Crippen molar-refractivity contribution >= 4 is 5.97 Å². The maximum Gasteiger partial charge on any atom is 0.309 e. The summed E-state index contributed by atoms with van der Waals surface area (Å²) in [5.41, 5.74) is 0. The third-order valence-electron chi connectivity index (χ3n) is 3.82. The maximum atomic E-state index is 11.8. The Kier molecular flexibility index (Phi) is 3.82. The number of esters is 1. The molecule has 0 radical (unpaired) electrons. The predicted octanol–water partition coefficient (Wildman–Crippen LogP) is 2.80. The molecular formula is C13H19NO2. The number of nitriles is 1. The fourth-order valence-electron chi connectivity index (χ4n) is 2.79. The molecule has 2 saturated carbocycles. The van der Waals surface area contributed by atoms with Gasteiger partial charge in [-0.2, -0.15) is 5.26 Å². The normalized spacial score (nSPS) is 30.9. The van der Waals surface area contributed by atoms with Gasteiger partial charge in [-0.15, -0.1) is 0 Å². The molecule has 88 valence electrons. The predicted molar refractivity (Wildman–Crippen MR) is 59.4 cm³/mol. The first-order chi connectivity index (χ1) is 7.81. The molecule has 0 bridgehead atoms. The van der Waals surface area contributed by atoms with E-state index in [9.17, 15) is 4.79 Å². The molecule has 0 aliphatic heterocycles. The van der Waals surface area contributed by atoms with Crippen molar-refractivity contribution in [2.75, 3.05) is 0 Å². The van der Waals surface area contributed by atoms with Crippen LogP contribution in [0.25, 0.3) is 0 Å². The van der Waals surface area contributed by atoms with Crippen LogP contribution in [0.5, 0.6) is 0 Å². The Morgan fingerprint density at radius 3 is 2.38 bits per heavy atom.